The van der Waals surface area contributed by atoms with Gasteiger partial charge in [-0.05, 0) is 6.92 Å². The van der Waals surface area contributed by atoms with Crippen LogP contribution in [-0.2, 0) is 9.53 Å². The lowest BCUT2D eigenvalue weighted by molar-refractivity contribution is -0.144. The molecule has 0 aromatic carbocycles. The average molecular weight is 250 g/mol. The van der Waals surface area contributed by atoms with Crippen LogP contribution in [-0.4, -0.2) is 23.9 Å². The van der Waals surface area contributed by atoms with Crippen LogP contribution in [0.4, 0.5) is 0 Å². The van der Waals surface area contributed by atoms with E-state index in [2.05, 4.69) is 4.74 Å². The summed E-state index contributed by atoms with van der Waals surface area (Å²) in [5, 5.41) is -0.0297. The van der Waals surface area contributed by atoms with E-state index in [4.69, 9.17) is 11.6 Å². The molecular formula is C8H8ClNO4S. The maximum atomic E-state index is 11.4. The molecule has 0 aliphatic heterocycles. The molecule has 0 radical (unpaired) electrons. The fourth-order valence-electron chi connectivity index (χ4n) is 1.06. The molecule has 0 fully saturated rings. The molecular weight excluding hydrogens is 242 g/mol. The van der Waals surface area contributed by atoms with Crippen molar-refractivity contribution in [2.24, 2.45) is 0 Å². The summed E-state index contributed by atoms with van der Waals surface area (Å²) in [5.41, 5.74) is 0. The summed E-state index contributed by atoms with van der Waals surface area (Å²) < 4.78 is 5.51. The first-order valence-corrected chi connectivity index (χ1v) is 5.16. The molecule has 1 aromatic heterocycles. The lowest BCUT2D eigenvalue weighted by Gasteiger charge is -2.10. The van der Waals surface area contributed by atoms with Crippen LogP contribution in [0, 0.1) is 0 Å². The van der Waals surface area contributed by atoms with Crippen LogP contribution in [0.1, 0.15) is 22.6 Å². The highest BCUT2D eigenvalue weighted by Gasteiger charge is 2.22. The normalized spacial score (nSPS) is 12.2. The van der Waals surface area contributed by atoms with Crippen molar-refractivity contribution in [3.8, 4) is 0 Å². The third-order valence-electron chi connectivity index (χ3n) is 1.85. The highest BCUT2D eigenvalue weighted by atomic mass is 35.5. The average Bonchev–Trinajstić information content (AvgIpc) is 2.51. The number of aromatic nitrogens is 1. The van der Waals surface area contributed by atoms with Crippen molar-refractivity contribution < 1.29 is 14.3 Å². The van der Waals surface area contributed by atoms with E-state index in [1.54, 1.807) is 0 Å². The van der Waals surface area contributed by atoms with E-state index in [-0.39, 0.29) is 10.0 Å². The van der Waals surface area contributed by atoms with Crippen molar-refractivity contribution in [2.45, 2.75) is 13.0 Å². The monoisotopic (exact) mass is 249 g/mol. The zero-order valence-corrected chi connectivity index (χ0v) is 9.59. The molecule has 0 spiro atoms. The van der Waals surface area contributed by atoms with Crippen LogP contribution in [0.2, 0.25) is 5.15 Å². The summed E-state index contributed by atoms with van der Waals surface area (Å²) in [5.74, 6) is -0.589. The van der Waals surface area contributed by atoms with Crippen LogP contribution in [0.15, 0.2) is 4.79 Å². The highest BCUT2D eigenvalue weighted by molar-refractivity contribution is 7.11. The van der Waals surface area contributed by atoms with E-state index < -0.39 is 16.9 Å². The molecule has 0 aliphatic rings. The number of rotatable bonds is 3. The van der Waals surface area contributed by atoms with Gasteiger partial charge < -0.3 is 4.74 Å². The van der Waals surface area contributed by atoms with E-state index in [9.17, 15) is 14.4 Å². The van der Waals surface area contributed by atoms with Crippen molar-refractivity contribution in [1.82, 2.24) is 4.57 Å². The van der Waals surface area contributed by atoms with Crippen LogP contribution in [0.3, 0.4) is 0 Å². The van der Waals surface area contributed by atoms with Gasteiger partial charge >= 0.3 is 10.8 Å². The van der Waals surface area contributed by atoms with Crippen LogP contribution >= 0.6 is 22.9 Å². The van der Waals surface area contributed by atoms with Crippen molar-refractivity contribution in [3.63, 3.8) is 0 Å². The Labute approximate surface area is 94.2 Å². The predicted octanol–water partition coefficient (Wildman–Crippen LogP) is 1.11. The zero-order valence-electron chi connectivity index (χ0n) is 8.02. The van der Waals surface area contributed by atoms with Gasteiger partial charge in [-0.3, -0.25) is 14.2 Å². The van der Waals surface area contributed by atoms with Crippen molar-refractivity contribution in [3.05, 3.63) is 19.7 Å². The molecule has 1 aromatic rings. The third kappa shape index (κ3) is 2.10. The maximum absolute atomic E-state index is 11.4. The number of esters is 1. The number of hydrogen-bond donors (Lipinski definition) is 0. The number of carbonyl (C=O) groups excluding carboxylic acids is 2. The first-order chi connectivity index (χ1) is 7.02. The summed E-state index contributed by atoms with van der Waals surface area (Å²) in [6, 6.07) is -0.833. The Morgan fingerprint density at radius 2 is 2.27 bits per heavy atom. The fourth-order valence-corrected chi connectivity index (χ4v) is 2.26. The quantitative estimate of drug-likeness (QED) is 0.595. The molecule has 0 saturated heterocycles. The van der Waals surface area contributed by atoms with Gasteiger partial charge in [-0.15, -0.1) is 0 Å². The van der Waals surface area contributed by atoms with Crippen molar-refractivity contribution in [1.29, 1.82) is 0 Å². The minimum atomic E-state index is -0.833. The SMILES string of the molecule is COC(=O)C(C)n1c(Cl)c(C=O)sc1=O. The van der Waals surface area contributed by atoms with E-state index in [0.717, 1.165) is 4.57 Å². The molecule has 1 rings (SSSR count). The standard InChI is InChI=1S/C8H8ClNO4S/c1-4(7(12)14-2)10-6(9)5(3-11)15-8(10)13/h3-4H,1-2H3. The van der Waals surface area contributed by atoms with Gasteiger partial charge in [0, 0.05) is 0 Å². The zero-order chi connectivity index (χ0) is 11.6. The Bertz CT molecular complexity index is 450. The molecule has 82 valence electrons. The Hall–Kier alpha value is -1.14. The molecule has 7 heteroatoms. The van der Waals surface area contributed by atoms with E-state index in [0.29, 0.717) is 17.6 Å². The summed E-state index contributed by atoms with van der Waals surface area (Å²) in [6.45, 7) is 1.47. The van der Waals surface area contributed by atoms with E-state index in [1.807, 2.05) is 0 Å². The van der Waals surface area contributed by atoms with E-state index >= 15 is 0 Å². The molecule has 0 N–H and O–H groups in total. The molecule has 0 amide bonds. The van der Waals surface area contributed by atoms with Gasteiger partial charge in [0.2, 0.25) is 0 Å². The van der Waals surface area contributed by atoms with Gasteiger partial charge in [-0.2, -0.15) is 0 Å². The van der Waals surface area contributed by atoms with Crippen molar-refractivity contribution in [2.75, 3.05) is 7.11 Å². The smallest absolute Gasteiger partial charge is 0.328 e. The van der Waals surface area contributed by atoms with Gasteiger partial charge in [-0.25, -0.2) is 4.79 Å². The Kier molecular flexibility index (Phi) is 3.65. The Morgan fingerprint density at radius 1 is 1.67 bits per heavy atom. The first kappa shape index (κ1) is 11.9. The largest absolute Gasteiger partial charge is 0.467 e. The number of hydrogen-bond acceptors (Lipinski definition) is 5. The first-order valence-electron chi connectivity index (χ1n) is 3.96. The summed E-state index contributed by atoms with van der Waals surface area (Å²) in [6.07, 6.45) is 0.481. The fraction of sp³-hybridized carbons (Fsp3) is 0.375. The Morgan fingerprint density at radius 3 is 2.67 bits per heavy atom. The number of nitrogens with zero attached hydrogens (tertiary/aromatic N) is 1. The second-order valence-electron chi connectivity index (χ2n) is 2.71. The predicted molar refractivity (Wildman–Crippen MR) is 55.7 cm³/mol. The Balaban J connectivity index is 3.25. The van der Waals surface area contributed by atoms with Gasteiger partial charge in [0.05, 0.1) is 7.11 Å². The van der Waals surface area contributed by atoms with Gasteiger partial charge in [0.1, 0.15) is 16.1 Å². The van der Waals surface area contributed by atoms with Gasteiger partial charge in [0.15, 0.2) is 6.29 Å². The van der Waals surface area contributed by atoms with Crippen molar-refractivity contribution >= 4 is 35.2 Å². The molecule has 1 heterocycles. The van der Waals surface area contributed by atoms with Crippen LogP contribution in [0.25, 0.3) is 0 Å². The minimum absolute atomic E-state index is 0.0297. The highest BCUT2D eigenvalue weighted by Crippen LogP contribution is 2.21. The molecule has 0 saturated carbocycles. The number of ether oxygens (including phenoxy) is 1. The van der Waals surface area contributed by atoms with Gasteiger partial charge in [-0.1, -0.05) is 22.9 Å². The third-order valence-corrected chi connectivity index (χ3v) is 3.22. The summed E-state index contributed by atoms with van der Waals surface area (Å²) in [4.78, 5) is 32.8. The minimum Gasteiger partial charge on any atom is -0.467 e. The molecule has 15 heavy (non-hydrogen) atoms. The lowest BCUT2D eigenvalue weighted by atomic mass is 10.3. The lowest BCUT2D eigenvalue weighted by Crippen LogP contribution is -2.25. The number of carbonyl (C=O) groups is 2. The molecule has 0 aliphatic carbocycles. The maximum Gasteiger partial charge on any atom is 0.328 e. The van der Waals surface area contributed by atoms with E-state index in [1.165, 1.54) is 14.0 Å². The number of thiazole rings is 1. The van der Waals surface area contributed by atoms with Crippen LogP contribution < -0.4 is 4.87 Å². The molecule has 5 nitrogen and oxygen atoms in total. The second kappa shape index (κ2) is 4.59. The van der Waals surface area contributed by atoms with Crippen LogP contribution in [0.5, 0.6) is 0 Å². The second-order valence-corrected chi connectivity index (χ2v) is 4.06. The topological polar surface area (TPSA) is 65.4 Å². The molecule has 0 bridgehead atoms. The number of methoxy groups -OCH3 is 1. The number of aldehydes is 1. The summed E-state index contributed by atoms with van der Waals surface area (Å²) in [7, 11) is 1.21. The number of halogens is 1. The molecule has 1 atom stereocenters. The summed E-state index contributed by atoms with van der Waals surface area (Å²) >= 11 is 6.46. The molecule has 1 unspecified atom stereocenters. The van der Waals surface area contributed by atoms with Gasteiger partial charge in [0.25, 0.3) is 0 Å².